The molecule has 1 N–H and O–H groups in total. The van der Waals surface area contributed by atoms with Crippen molar-refractivity contribution in [2.75, 3.05) is 26.7 Å². The molecule has 1 aliphatic heterocycles. The summed E-state index contributed by atoms with van der Waals surface area (Å²) in [5.41, 5.74) is 0. The lowest BCUT2D eigenvalue weighted by Crippen LogP contribution is -2.52. The molecular formula is C13H22N2O3. The molecule has 1 heterocycles. The molecule has 0 spiro atoms. The number of hydrogen-bond acceptors (Lipinski definition) is 4. The van der Waals surface area contributed by atoms with Crippen LogP contribution in [0.3, 0.4) is 0 Å². The number of rotatable bonds is 4. The molecule has 2 rings (SSSR count). The van der Waals surface area contributed by atoms with Crippen molar-refractivity contribution in [1.82, 2.24) is 10.2 Å². The Morgan fingerprint density at radius 2 is 2.06 bits per heavy atom. The molecule has 0 radical (unpaired) electrons. The zero-order valence-electron chi connectivity index (χ0n) is 11.1. The maximum atomic E-state index is 11.7. The van der Waals surface area contributed by atoms with Gasteiger partial charge >= 0.3 is 5.97 Å². The third-order valence-electron chi connectivity index (χ3n) is 3.68. The summed E-state index contributed by atoms with van der Waals surface area (Å²) in [7, 11) is 1.43. The van der Waals surface area contributed by atoms with Crippen LogP contribution in [0.4, 0.5) is 0 Å². The van der Waals surface area contributed by atoms with Crippen LogP contribution in [-0.4, -0.2) is 49.6 Å². The number of piperidine rings is 1. The Morgan fingerprint density at radius 3 is 2.61 bits per heavy atom. The summed E-state index contributed by atoms with van der Waals surface area (Å²) >= 11 is 0. The van der Waals surface area contributed by atoms with Gasteiger partial charge in [0.1, 0.15) is 0 Å². The second-order valence-corrected chi connectivity index (χ2v) is 5.52. The largest absolute Gasteiger partial charge is 0.469 e. The van der Waals surface area contributed by atoms with Crippen molar-refractivity contribution in [1.29, 1.82) is 0 Å². The van der Waals surface area contributed by atoms with Gasteiger partial charge in [-0.2, -0.15) is 0 Å². The lowest BCUT2D eigenvalue weighted by atomic mass is 9.94. The van der Waals surface area contributed by atoms with Crippen molar-refractivity contribution in [3.63, 3.8) is 0 Å². The molecule has 2 atom stereocenters. The number of carbonyl (C=O) groups excluding carboxylic acids is 2. The third kappa shape index (κ3) is 3.70. The highest BCUT2D eigenvalue weighted by Crippen LogP contribution is 2.31. The predicted octanol–water partition coefficient (Wildman–Crippen LogP) is 0.396. The summed E-state index contributed by atoms with van der Waals surface area (Å²) < 4.78 is 4.83. The Kier molecular flexibility index (Phi) is 4.22. The Labute approximate surface area is 108 Å². The molecule has 102 valence electrons. The van der Waals surface area contributed by atoms with E-state index < -0.39 is 0 Å². The van der Waals surface area contributed by atoms with Gasteiger partial charge in [-0.25, -0.2) is 0 Å². The van der Waals surface area contributed by atoms with Crippen molar-refractivity contribution < 1.29 is 14.3 Å². The highest BCUT2D eigenvalue weighted by molar-refractivity contribution is 5.74. The molecule has 18 heavy (non-hydrogen) atoms. The Morgan fingerprint density at radius 1 is 1.33 bits per heavy atom. The summed E-state index contributed by atoms with van der Waals surface area (Å²) in [6, 6.07) is 0.0686. The monoisotopic (exact) mass is 254 g/mol. The van der Waals surface area contributed by atoms with E-state index in [2.05, 4.69) is 10.2 Å². The first-order valence-electron chi connectivity index (χ1n) is 6.65. The van der Waals surface area contributed by atoms with Crippen molar-refractivity contribution in [3.8, 4) is 0 Å². The summed E-state index contributed by atoms with van der Waals surface area (Å²) in [6.45, 7) is 4.18. The Bertz CT molecular complexity index is 328. The molecule has 5 heteroatoms. The van der Waals surface area contributed by atoms with Crippen LogP contribution in [0, 0.1) is 11.8 Å². The third-order valence-corrected chi connectivity index (χ3v) is 3.68. The Balaban J connectivity index is 1.94. The van der Waals surface area contributed by atoms with Crippen molar-refractivity contribution in [2.45, 2.75) is 32.2 Å². The summed E-state index contributed by atoms with van der Waals surface area (Å²) in [5.74, 6) is 0.487. The standard InChI is InChI=1S/C13H22N2O3/c1-9(16)14-12-5-11(13(17)18-2)7-15(8-12)6-10-3-4-10/h10-12H,3-8H2,1-2H3,(H,14,16). The van der Waals surface area contributed by atoms with Gasteiger partial charge in [0.05, 0.1) is 13.0 Å². The lowest BCUT2D eigenvalue weighted by Gasteiger charge is -2.36. The quantitative estimate of drug-likeness (QED) is 0.738. The summed E-state index contributed by atoms with van der Waals surface area (Å²) in [4.78, 5) is 25.1. The molecule has 0 aromatic heterocycles. The summed E-state index contributed by atoms with van der Waals surface area (Å²) in [6.07, 6.45) is 3.28. The van der Waals surface area contributed by atoms with Crippen LogP contribution in [0.5, 0.6) is 0 Å². The van der Waals surface area contributed by atoms with Gasteiger partial charge in [-0.3, -0.25) is 9.59 Å². The van der Waals surface area contributed by atoms with Crippen LogP contribution in [0.15, 0.2) is 0 Å². The van der Waals surface area contributed by atoms with E-state index in [9.17, 15) is 9.59 Å². The van der Waals surface area contributed by atoms with Crippen LogP contribution in [0.2, 0.25) is 0 Å². The molecule has 0 bridgehead atoms. The average Bonchev–Trinajstić information content (AvgIpc) is 3.10. The van der Waals surface area contributed by atoms with Crippen molar-refractivity contribution >= 4 is 11.9 Å². The highest BCUT2D eigenvalue weighted by atomic mass is 16.5. The minimum atomic E-state index is -0.161. The smallest absolute Gasteiger partial charge is 0.310 e. The number of amides is 1. The van der Waals surface area contributed by atoms with Crippen LogP contribution in [0.1, 0.15) is 26.2 Å². The first-order valence-corrected chi connectivity index (χ1v) is 6.65. The minimum absolute atomic E-state index is 0.0307. The second kappa shape index (κ2) is 5.69. The molecule has 5 nitrogen and oxygen atoms in total. The van der Waals surface area contributed by atoms with Gasteiger partial charge in [0.15, 0.2) is 0 Å². The number of methoxy groups -OCH3 is 1. The van der Waals surface area contributed by atoms with Crippen LogP contribution >= 0.6 is 0 Å². The van der Waals surface area contributed by atoms with Gasteiger partial charge < -0.3 is 15.0 Å². The van der Waals surface area contributed by atoms with E-state index in [4.69, 9.17) is 4.74 Å². The maximum absolute atomic E-state index is 11.7. The zero-order chi connectivity index (χ0) is 13.1. The van der Waals surface area contributed by atoms with Gasteiger partial charge in [0.25, 0.3) is 0 Å². The number of nitrogens with one attached hydrogen (secondary N) is 1. The number of hydrogen-bond donors (Lipinski definition) is 1. The van der Waals surface area contributed by atoms with Gasteiger partial charge in [0.2, 0.25) is 5.91 Å². The molecule has 0 aromatic rings. The normalized spacial score (nSPS) is 28.8. The molecule has 1 saturated carbocycles. The summed E-state index contributed by atoms with van der Waals surface area (Å²) in [5, 5.41) is 2.93. The van der Waals surface area contributed by atoms with E-state index in [1.165, 1.54) is 26.9 Å². The SMILES string of the molecule is COC(=O)C1CC(NC(C)=O)CN(CC2CC2)C1. The molecule has 1 saturated heterocycles. The molecule has 2 aliphatic rings. The van der Waals surface area contributed by atoms with Crippen LogP contribution in [0.25, 0.3) is 0 Å². The lowest BCUT2D eigenvalue weighted by molar-refractivity contribution is -0.148. The molecule has 2 unspecified atom stereocenters. The first-order chi connectivity index (χ1) is 8.58. The fourth-order valence-corrected chi connectivity index (χ4v) is 2.73. The van der Waals surface area contributed by atoms with Gasteiger partial charge in [0, 0.05) is 32.6 Å². The van der Waals surface area contributed by atoms with E-state index in [0.717, 1.165) is 25.6 Å². The molecular weight excluding hydrogens is 232 g/mol. The van der Waals surface area contributed by atoms with E-state index >= 15 is 0 Å². The molecule has 1 aliphatic carbocycles. The second-order valence-electron chi connectivity index (χ2n) is 5.52. The molecule has 2 fully saturated rings. The predicted molar refractivity (Wildman–Crippen MR) is 66.9 cm³/mol. The van der Waals surface area contributed by atoms with E-state index in [0.29, 0.717) is 6.42 Å². The van der Waals surface area contributed by atoms with Crippen molar-refractivity contribution in [3.05, 3.63) is 0 Å². The number of esters is 1. The van der Waals surface area contributed by atoms with Gasteiger partial charge in [-0.15, -0.1) is 0 Å². The van der Waals surface area contributed by atoms with E-state index in [1.54, 1.807) is 0 Å². The minimum Gasteiger partial charge on any atom is -0.469 e. The number of ether oxygens (including phenoxy) is 1. The fraction of sp³-hybridized carbons (Fsp3) is 0.846. The zero-order valence-corrected chi connectivity index (χ0v) is 11.1. The number of nitrogens with zero attached hydrogens (tertiary/aromatic N) is 1. The fourth-order valence-electron chi connectivity index (χ4n) is 2.73. The molecule has 1 amide bonds. The van der Waals surface area contributed by atoms with Crippen LogP contribution < -0.4 is 5.32 Å². The van der Waals surface area contributed by atoms with E-state index in [1.807, 2.05) is 0 Å². The Hall–Kier alpha value is -1.10. The number of likely N-dealkylation sites (tertiary alicyclic amines) is 1. The van der Waals surface area contributed by atoms with E-state index in [-0.39, 0.29) is 23.8 Å². The topological polar surface area (TPSA) is 58.6 Å². The van der Waals surface area contributed by atoms with Crippen LogP contribution in [-0.2, 0) is 14.3 Å². The van der Waals surface area contributed by atoms with Gasteiger partial charge in [-0.05, 0) is 25.2 Å². The average molecular weight is 254 g/mol. The van der Waals surface area contributed by atoms with Crippen molar-refractivity contribution in [2.24, 2.45) is 11.8 Å². The number of carbonyl (C=O) groups is 2. The first kappa shape index (κ1) is 13.3. The highest BCUT2D eigenvalue weighted by Gasteiger charge is 2.35. The maximum Gasteiger partial charge on any atom is 0.310 e. The van der Waals surface area contributed by atoms with Gasteiger partial charge in [-0.1, -0.05) is 0 Å². The molecule has 0 aromatic carbocycles.